The van der Waals surface area contributed by atoms with Crippen LogP contribution in [0.4, 0.5) is 0 Å². The molecule has 0 aromatic carbocycles. The van der Waals surface area contributed by atoms with Gasteiger partial charge in [0.15, 0.2) is 0 Å². The van der Waals surface area contributed by atoms with E-state index in [0.29, 0.717) is 5.41 Å². The molecule has 0 radical (unpaired) electrons. The van der Waals surface area contributed by atoms with Gasteiger partial charge in [0.25, 0.3) is 0 Å². The minimum absolute atomic E-state index is 0.118. The number of hydrogen-bond donors (Lipinski definition) is 0. The van der Waals surface area contributed by atoms with Crippen molar-refractivity contribution in [2.24, 2.45) is 11.3 Å². The fourth-order valence-electron chi connectivity index (χ4n) is 1.73. The quantitative estimate of drug-likeness (QED) is 0.514. The van der Waals surface area contributed by atoms with Gasteiger partial charge in [0.1, 0.15) is 0 Å². The average Bonchev–Trinajstić information content (AvgIpc) is 2.35. The van der Waals surface area contributed by atoms with Gasteiger partial charge in [0.05, 0.1) is 0 Å². The van der Waals surface area contributed by atoms with E-state index in [1.807, 2.05) is 0 Å². The first-order valence-corrected chi connectivity index (χ1v) is 3.79. The van der Waals surface area contributed by atoms with Crippen molar-refractivity contribution in [3.63, 3.8) is 0 Å². The van der Waals surface area contributed by atoms with Crippen LogP contribution in [0.3, 0.4) is 0 Å². The largest absolute Gasteiger partial charge is 0.281 e. The maximum absolute atomic E-state index is 10.5. The lowest BCUT2D eigenvalue weighted by Gasteiger charge is -2.32. The fourth-order valence-corrected chi connectivity index (χ4v) is 1.89. The Kier molecular flexibility index (Phi) is 0.963. The molecule has 0 heterocycles. The normalized spacial score (nSPS) is 29.9. The van der Waals surface area contributed by atoms with Crippen LogP contribution in [0.1, 0.15) is 25.7 Å². The first kappa shape index (κ1) is 5.72. The number of halogens is 1. The predicted octanol–water partition coefficient (Wildman–Crippen LogP) is 1.94. The molecule has 0 N–H and O–H groups in total. The van der Waals surface area contributed by atoms with Crippen molar-refractivity contribution in [1.29, 1.82) is 0 Å². The zero-order chi connectivity index (χ0) is 6.48. The van der Waals surface area contributed by atoms with Gasteiger partial charge in [-0.25, -0.2) is 0 Å². The summed E-state index contributed by atoms with van der Waals surface area (Å²) in [6, 6.07) is 0. The van der Waals surface area contributed by atoms with Crippen molar-refractivity contribution >= 4 is 16.8 Å². The molecule has 0 bridgehead atoms. The predicted molar refractivity (Wildman–Crippen MR) is 35.3 cm³/mol. The minimum atomic E-state index is -0.118. The number of rotatable bonds is 1. The molecule has 0 aromatic rings. The molecule has 2 aliphatic carbocycles. The highest BCUT2D eigenvalue weighted by atomic mass is 35.5. The Labute approximate surface area is 59.4 Å². The van der Waals surface area contributed by atoms with Crippen molar-refractivity contribution in [3.8, 4) is 0 Å². The van der Waals surface area contributed by atoms with Crippen LogP contribution in [0.5, 0.6) is 0 Å². The van der Waals surface area contributed by atoms with E-state index >= 15 is 0 Å². The molecule has 1 nitrogen and oxygen atoms in total. The molecule has 0 unspecified atom stereocenters. The van der Waals surface area contributed by atoms with Gasteiger partial charge in [0.2, 0.25) is 5.24 Å². The number of hydrogen-bond acceptors (Lipinski definition) is 1. The van der Waals surface area contributed by atoms with Crippen molar-refractivity contribution in [3.05, 3.63) is 0 Å². The second-order valence-corrected chi connectivity index (χ2v) is 3.78. The van der Waals surface area contributed by atoms with E-state index in [-0.39, 0.29) is 11.2 Å². The molecule has 2 fully saturated rings. The summed E-state index contributed by atoms with van der Waals surface area (Å²) in [5.41, 5.74) is 0.620. The fraction of sp³-hybridized carbons (Fsp3) is 0.857. The monoisotopic (exact) mass is 144 g/mol. The molecule has 0 saturated heterocycles. The molecular formula is C7H9ClO. The van der Waals surface area contributed by atoms with Crippen LogP contribution in [0, 0.1) is 11.3 Å². The highest BCUT2D eigenvalue weighted by Gasteiger charge is 2.54. The molecule has 50 valence electrons. The second-order valence-electron chi connectivity index (χ2n) is 3.41. The SMILES string of the molecule is O=C(Cl)C1CC2(CC2)C1. The Hall–Kier alpha value is -0.0400. The van der Waals surface area contributed by atoms with E-state index in [0.717, 1.165) is 12.8 Å². The van der Waals surface area contributed by atoms with Gasteiger partial charge in [-0.05, 0) is 42.7 Å². The Morgan fingerprint density at radius 3 is 2.33 bits per heavy atom. The summed E-state index contributed by atoms with van der Waals surface area (Å²) in [6.45, 7) is 0. The third kappa shape index (κ3) is 0.787. The Morgan fingerprint density at radius 1 is 1.44 bits per heavy atom. The van der Waals surface area contributed by atoms with Gasteiger partial charge in [0, 0.05) is 5.92 Å². The lowest BCUT2D eigenvalue weighted by Crippen LogP contribution is -2.29. The summed E-state index contributed by atoms with van der Waals surface area (Å²) in [7, 11) is 0. The molecule has 0 aliphatic heterocycles. The van der Waals surface area contributed by atoms with Crippen molar-refractivity contribution in [1.82, 2.24) is 0 Å². The topological polar surface area (TPSA) is 17.1 Å². The van der Waals surface area contributed by atoms with Gasteiger partial charge in [-0.15, -0.1) is 0 Å². The van der Waals surface area contributed by atoms with E-state index < -0.39 is 0 Å². The van der Waals surface area contributed by atoms with Crippen LogP contribution in [0.25, 0.3) is 0 Å². The first-order chi connectivity index (χ1) is 4.22. The van der Waals surface area contributed by atoms with Crippen LogP contribution in [-0.2, 0) is 4.79 Å². The Bertz CT molecular complexity index is 152. The van der Waals surface area contributed by atoms with Gasteiger partial charge >= 0.3 is 0 Å². The summed E-state index contributed by atoms with van der Waals surface area (Å²) >= 11 is 5.30. The second kappa shape index (κ2) is 1.51. The van der Waals surface area contributed by atoms with Crippen molar-refractivity contribution < 1.29 is 4.79 Å². The summed E-state index contributed by atoms with van der Waals surface area (Å²) in [4.78, 5) is 10.5. The number of carbonyl (C=O) groups excluding carboxylic acids is 1. The molecular weight excluding hydrogens is 136 g/mol. The highest BCUT2D eigenvalue weighted by Crippen LogP contribution is 2.63. The van der Waals surface area contributed by atoms with Crippen molar-refractivity contribution in [2.45, 2.75) is 25.7 Å². The van der Waals surface area contributed by atoms with E-state index in [1.165, 1.54) is 12.8 Å². The summed E-state index contributed by atoms with van der Waals surface area (Å²) in [5, 5.41) is -0.118. The molecule has 0 atom stereocenters. The molecule has 2 saturated carbocycles. The molecule has 9 heavy (non-hydrogen) atoms. The standard InChI is InChI=1S/C7H9ClO/c8-6(9)5-3-7(4-5)1-2-7/h5H,1-4H2. The van der Waals surface area contributed by atoms with Gasteiger partial charge in [-0.1, -0.05) is 0 Å². The zero-order valence-corrected chi connectivity index (χ0v) is 5.95. The van der Waals surface area contributed by atoms with Crippen LogP contribution in [0.15, 0.2) is 0 Å². The molecule has 2 heteroatoms. The molecule has 1 spiro atoms. The molecule has 0 aromatic heterocycles. The lowest BCUT2D eigenvalue weighted by atomic mass is 9.73. The summed E-state index contributed by atoms with van der Waals surface area (Å²) in [5.74, 6) is 0.217. The van der Waals surface area contributed by atoms with Crippen molar-refractivity contribution in [2.75, 3.05) is 0 Å². The molecule has 2 aliphatic rings. The van der Waals surface area contributed by atoms with Crippen LogP contribution < -0.4 is 0 Å². The maximum atomic E-state index is 10.5. The highest BCUT2D eigenvalue weighted by molar-refractivity contribution is 6.64. The summed E-state index contributed by atoms with van der Waals surface area (Å²) < 4.78 is 0. The van der Waals surface area contributed by atoms with E-state index in [4.69, 9.17) is 11.6 Å². The first-order valence-electron chi connectivity index (χ1n) is 3.41. The average molecular weight is 145 g/mol. The van der Waals surface area contributed by atoms with Crippen LogP contribution in [0.2, 0.25) is 0 Å². The van der Waals surface area contributed by atoms with Gasteiger partial charge in [-0.2, -0.15) is 0 Å². The van der Waals surface area contributed by atoms with E-state index in [2.05, 4.69) is 0 Å². The molecule has 2 rings (SSSR count). The molecule has 0 amide bonds. The number of carbonyl (C=O) groups is 1. The maximum Gasteiger partial charge on any atom is 0.224 e. The zero-order valence-electron chi connectivity index (χ0n) is 5.19. The van der Waals surface area contributed by atoms with Gasteiger partial charge < -0.3 is 0 Å². The van der Waals surface area contributed by atoms with E-state index in [1.54, 1.807) is 0 Å². The third-order valence-electron chi connectivity index (χ3n) is 2.64. The minimum Gasteiger partial charge on any atom is -0.281 e. The smallest absolute Gasteiger partial charge is 0.224 e. The van der Waals surface area contributed by atoms with Crippen LogP contribution >= 0.6 is 11.6 Å². The van der Waals surface area contributed by atoms with Crippen LogP contribution in [-0.4, -0.2) is 5.24 Å². The van der Waals surface area contributed by atoms with Gasteiger partial charge in [-0.3, -0.25) is 4.79 Å². The third-order valence-corrected chi connectivity index (χ3v) is 2.95. The Morgan fingerprint density at radius 2 is 2.00 bits per heavy atom. The lowest BCUT2D eigenvalue weighted by molar-refractivity contribution is -0.119. The van der Waals surface area contributed by atoms with E-state index in [9.17, 15) is 4.79 Å². The summed E-state index contributed by atoms with van der Waals surface area (Å²) in [6.07, 6.45) is 4.84. The Balaban J connectivity index is 1.90.